The van der Waals surface area contributed by atoms with Gasteiger partial charge in [0.1, 0.15) is 5.69 Å². The number of nitrogens with one attached hydrogen (secondary N) is 1. The van der Waals surface area contributed by atoms with E-state index >= 15 is 0 Å². The third-order valence-corrected chi connectivity index (χ3v) is 3.93. The summed E-state index contributed by atoms with van der Waals surface area (Å²) >= 11 is 0. The first kappa shape index (κ1) is 15.9. The zero-order valence-corrected chi connectivity index (χ0v) is 13.3. The van der Waals surface area contributed by atoms with Crippen LogP contribution >= 0.6 is 0 Å². The molecule has 0 fully saturated rings. The van der Waals surface area contributed by atoms with Gasteiger partial charge in [-0.3, -0.25) is 14.7 Å². The molecule has 0 unspecified atom stereocenters. The van der Waals surface area contributed by atoms with Crippen LogP contribution in [0.15, 0.2) is 54.7 Å². The average Bonchev–Trinajstić information content (AvgIpc) is 3.09. The molecule has 3 rings (SSSR count). The molecule has 0 atom stereocenters. The Balaban J connectivity index is 1.74. The molecule has 1 heterocycles. The Labute approximate surface area is 139 Å². The Kier molecular flexibility index (Phi) is 4.67. The van der Waals surface area contributed by atoms with Gasteiger partial charge in [0.25, 0.3) is 5.91 Å². The highest BCUT2D eigenvalue weighted by Gasteiger charge is 2.09. The highest BCUT2D eigenvalue weighted by molar-refractivity contribution is 5.94. The Morgan fingerprint density at radius 2 is 2.04 bits per heavy atom. The number of amides is 1. The summed E-state index contributed by atoms with van der Waals surface area (Å²) in [6, 6.07) is 15.2. The monoisotopic (exact) mass is 322 g/mol. The number of hydroxylamine groups is 1. The first-order valence-corrected chi connectivity index (χ1v) is 7.67. The van der Waals surface area contributed by atoms with Gasteiger partial charge < -0.3 is 0 Å². The summed E-state index contributed by atoms with van der Waals surface area (Å²) in [6.45, 7) is 2.83. The maximum atomic E-state index is 11.5. The number of benzene rings is 2. The summed E-state index contributed by atoms with van der Waals surface area (Å²) in [6.07, 6.45) is 2.73. The summed E-state index contributed by atoms with van der Waals surface area (Å²) in [5.74, 6) is -0.552. The van der Waals surface area contributed by atoms with Crippen LogP contribution in [0.2, 0.25) is 0 Å². The molecule has 2 N–H and O–H groups in total. The number of hydrogen-bond acceptors (Lipinski definition) is 4. The minimum Gasteiger partial charge on any atom is -0.288 e. The van der Waals surface area contributed by atoms with Crippen LogP contribution in [0.3, 0.4) is 0 Å². The third-order valence-electron chi connectivity index (χ3n) is 3.93. The fraction of sp³-hybridized carbons (Fsp3) is 0.167. The van der Waals surface area contributed by atoms with E-state index in [1.807, 2.05) is 24.4 Å². The number of aryl methyl sites for hydroxylation is 3. The molecule has 6 nitrogen and oxygen atoms in total. The third kappa shape index (κ3) is 3.49. The largest absolute Gasteiger partial charge is 0.288 e. The fourth-order valence-electron chi connectivity index (χ4n) is 2.55. The van der Waals surface area contributed by atoms with Crippen LogP contribution in [0.25, 0.3) is 11.3 Å². The van der Waals surface area contributed by atoms with Crippen molar-refractivity contribution >= 4 is 5.91 Å². The van der Waals surface area contributed by atoms with Crippen molar-refractivity contribution in [3.8, 4) is 11.3 Å². The van der Waals surface area contributed by atoms with Crippen molar-refractivity contribution in [3.05, 3.63) is 71.4 Å². The minimum atomic E-state index is -0.552. The van der Waals surface area contributed by atoms with E-state index in [0.29, 0.717) is 11.3 Å². The van der Waals surface area contributed by atoms with Crippen molar-refractivity contribution in [2.75, 3.05) is 0 Å². The van der Waals surface area contributed by atoms with E-state index in [2.05, 4.69) is 29.4 Å². The number of carbonyl (C=O) groups is 1. The summed E-state index contributed by atoms with van der Waals surface area (Å²) < 4.78 is 1.79. The van der Waals surface area contributed by atoms with Crippen molar-refractivity contribution in [2.45, 2.75) is 19.9 Å². The number of aromatic nitrogens is 3. The molecule has 0 bridgehead atoms. The lowest BCUT2D eigenvalue weighted by molar-refractivity contribution is 0.0706. The molecule has 3 aromatic rings. The molecular weight excluding hydrogens is 304 g/mol. The molecule has 2 aromatic carbocycles. The van der Waals surface area contributed by atoms with Crippen LogP contribution in [-0.4, -0.2) is 26.1 Å². The summed E-state index contributed by atoms with van der Waals surface area (Å²) in [5, 5.41) is 17.0. The van der Waals surface area contributed by atoms with Crippen molar-refractivity contribution < 1.29 is 10.0 Å². The van der Waals surface area contributed by atoms with E-state index < -0.39 is 5.91 Å². The Morgan fingerprint density at radius 3 is 2.83 bits per heavy atom. The van der Waals surface area contributed by atoms with Crippen molar-refractivity contribution in [3.63, 3.8) is 0 Å². The average molecular weight is 322 g/mol. The van der Waals surface area contributed by atoms with Gasteiger partial charge in [-0.15, -0.1) is 5.10 Å². The normalized spacial score (nSPS) is 10.6. The topological polar surface area (TPSA) is 80.0 Å². The smallest absolute Gasteiger partial charge is 0.274 e. The first-order chi connectivity index (χ1) is 11.7. The molecule has 122 valence electrons. The second kappa shape index (κ2) is 7.06. The van der Waals surface area contributed by atoms with Crippen molar-refractivity contribution in [1.29, 1.82) is 0 Å². The Bertz CT molecular complexity index is 857. The lowest BCUT2D eigenvalue weighted by atomic mass is 10.1. The van der Waals surface area contributed by atoms with Gasteiger partial charge >= 0.3 is 0 Å². The second-order valence-electron chi connectivity index (χ2n) is 5.57. The summed E-state index contributed by atoms with van der Waals surface area (Å²) in [5.41, 5.74) is 6.01. The molecular formula is C18H18N4O2. The standard InChI is InChI=1S/C18H18N4O2/c1-13-5-2-3-6-14(13)9-10-22-12-17(19-21-22)15-7-4-8-16(11-15)18(23)20-24/h2-8,11-12,24H,9-10H2,1H3,(H,20,23). The molecule has 6 heteroatoms. The minimum absolute atomic E-state index is 0.365. The molecule has 0 aliphatic rings. The van der Waals surface area contributed by atoms with Crippen LogP contribution < -0.4 is 5.48 Å². The zero-order valence-electron chi connectivity index (χ0n) is 13.3. The molecule has 1 amide bonds. The molecule has 0 saturated heterocycles. The van der Waals surface area contributed by atoms with Gasteiger partial charge in [0.2, 0.25) is 0 Å². The highest BCUT2D eigenvalue weighted by atomic mass is 16.5. The van der Waals surface area contributed by atoms with Crippen LogP contribution in [0.5, 0.6) is 0 Å². The number of hydrogen-bond donors (Lipinski definition) is 2. The van der Waals surface area contributed by atoms with E-state index in [9.17, 15) is 4.79 Å². The number of nitrogens with zero attached hydrogens (tertiary/aromatic N) is 3. The second-order valence-corrected chi connectivity index (χ2v) is 5.57. The van der Waals surface area contributed by atoms with Crippen molar-refractivity contribution in [2.24, 2.45) is 0 Å². The Morgan fingerprint density at radius 1 is 1.21 bits per heavy atom. The number of rotatable bonds is 5. The molecule has 1 aromatic heterocycles. The van der Waals surface area contributed by atoms with Gasteiger partial charge in [0.05, 0.1) is 6.20 Å². The predicted octanol–water partition coefficient (Wildman–Crippen LogP) is 2.62. The Hall–Kier alpha value is -2.99. The molecule has 0 aliphatic heterocycles. The van der Waals surface area contributed by atoms with Gasteiger partial charge in [0, 0.05) is 17.7 Å². The van der Waals surface area contributed by atoms with Gasteiger partial charge in [0.15, 0.2) is 0 Å². The predicted molar refractivity (Wildman–Crippen MR) is 89.6 cm³/mol. The molecule has 0 spiro atoms. The van der Waals surface area contributed by atoms with Crippen LogP contribution in [0.4, 0.5) is 0 Å². The lowest BCUT2D eigenvalue weighted by Crippen LogP contribution is -2.18. The van der Waals surface area contributed by atoms with Crippen LogP contribution in [0, 0.1) is 6.92 Å². The van der Waals surface area contributed by atoms with Gasteiger partial charge in [-0.1, -0.05) is 41.6 Å². The number of carbonyl (C=O) groups excluding carboxylic acids is 1. The van der Waals surface area contributed by atoms with Crippen molar-refractivity contribution in [1.82, 2.24) is 20.5 Å². The van der Waals surface area contributed by atoms with E-state index in [0.717, 1.165) is 18.5 Å². The van der Waals surface area contributed by atoms with Crippen LogP contribution in [-0.2, 0) is 13.0 Å². The molecule has 24 heavy (non-hydrogen) atoms. The molecule has 0 aliphatic carbocycles. The maximum Gasteiger partial charge on any atom is 0.274 e. The summed E-state index contributed by atoms with van der Waals surface area (Å²) in [7, 11) is 0. The van der Waals surface area contributed by atoms with Gasteiger partial charge in [-0.2, -0.15) is 0 Å². The quantitative estimate of drug-likeness (QED) is 0.559. The molecule has 0 radical (unpaired) electrons. The van der Waals surface area contributed by atoms with E-state index in [1.54, 1.807) is 28.4 Å². The molecule has 0 saturated carbocycles. The van der Waals surface area contributed by atoms with Gasteiger partial charge in [-0.05, 0) is 36.6 Å². The van der Waals surface area contributed by atoms with E-state index in [4.69, 9.17) is 5.21 Å². The lowest BCUT2D eigenvalue weighted by Gasteiger charge is -2.04. The van der Waals surface area contributed by atoms with E-state index in [-0.39, 0.29) is 0 Å². The highest BCUT2D eigenvalue weighted by Crippen LogP contribution is 2.18. The maximum absolute atomic E-state index is 11.5. The SMILES string of the molecule is Cc1ccccc1CCn1cc(-c2cccc(C(=O)NO)c2)nn1. The fourth-order valence-corrected chi connectivity index (χ4v) is 2.55. The van der Waals surface area contributed by atoms with Gasteiger partial charge in [-0.25, -0.2) is 5.48 Å². The van der Waals surface area contributed by atoms with E-state index in [1.165, 1.54) is 11.1 Å². The first-order valence-electron chi connectivity index (χ1n) is 7.67. The zero-order chi connectivity index (χ0) is 16.9. The summed E-state index contributed by atoms with van der Waals surface area (Å²) in [4.78, 5) is 11.5. The van der Waals surface area contributed by atoms with Crippen LogP contribution in [0.1, 0.15) is 21.5 Å².